The van der Waals surface area contributed by atoms with Crippen LogP contribution in [-0.4, -0.2) is 22.3 Å². The topological polar surface area (TPSA) is 33.2 Å². The minimum atomic E-state index is 0.0829. The van der Waals surface area contributed by atoms with Crippen molar-refractivity contribution in [2.24, 2.45) is 0 Å². The highest BCUT2D eigenvalue weighted by molar-refractivity contribution is 5.94. The lowest BCUT2D eigenvalue weighted by Crippen LogP contribution is -2.36. The Bertz CT molecular complexity index is 677. The van der Waals surface area contributed by atoms with Gasteiger partial charge in [-0.05, 0) is 43.2 Å². The number of hydrogen-bond acceptors (Lipinski definition) is 2. The van der Waals surface area contributed by atoms with E-state index in [0.29, 0.717) is 6.54 Å². The zero-order valence-corrected chi connectivity index (χ0v) is 12.1. The van der Waals surface area contributed by atoms with Crippen molar-refractivity contribution in [1.29, 1.82) is 0 Å². The molecule has 3 rings (SSSR count). The van der Waals surface area contributed by atoms with E-state index in [4.69, 9.17) is 0 Å². The Morgan fingerprint density at radius 2 is 2.00 bits per heavy atom. The molecule has 2 heterocycles. The third-order valence-corrected chi connectivity index (χ3v) is 3.73. The smallest absolute Gasteiger partial charge is 0.254 e. The van der Waals surface area contributed by atoms with Gasteiger partial charge in [-0.1, -0.05) is 30.3 Å². The van der Waals surface area contributed by atoms with E-state index in [1.54, 1.807) is 0 Å². The van der Waals surface area contributed by atoms with Gasteiger partial charge in [-0.25, -0.2) is 0 Å². The highest BCUT2D eigenvalue weighted by atomic mass is 16.2. The number of fused-ring (bicyclic) bond motifs is 1. The van der Waals surface area contributed by atoms with E-state index in [9.17, 15) is 4.79 Å². The Kier molecular flexibility index (Phi) is 3.82. The van der Waals surface area contributed by atoms with E-state index >= 15 is 0 Å². The van der Waals surface area contributed by atoms with Gasteiger partial charge >= 0.3 is 0 Å². The number of amides is 1. The fourth-order valence-electron chi connectivity index (χ4n) is 2.63. The lowest BCUT2D eigenvalue weighted by molar-refractivity contribution is 0.0732. The average molecular weight is 278 g/mol. The van der Waals surface area contributed by atoms with E-state index in [0.717, 1.165) is 29.9 Å². The van der Waals surface area contributed by atoms with Crippen LogP contribution >= 0.6 is 0 Å². The number of benzene rings is 1. The number of rotatable bonds is 2. The molecule has 0 spiro atoms. The molecule has 0 bridgehead atoms. The maximum Gasteiger partial charge on any atom is 0.254 e. The fraction of sp³-hybridized carbons (Fsp3) is 0.222. The summed E-state index contributed by atoms with van der Waals surface area (Å²) in [6.07, 6.45) is 4.83. The maximum absolute atomic E-state index is 12.5. The molecule has 0 saturated heterocycles. The highest BCUT2D eigenvalue weighted by Crippen LogP contribution is 2.20. The Balaban J connectivity index is 1.83. The third kappa shape index (κ3) is 2.87. The molecule has 0 unspecified atom stereocenters. The summed E-state index contributed by atoms with van der Waals surface area (Å²) in [5.41, 5.74) is 3.96. The van der Waals surface area contributed by atoms with Crippen LogP contribution in [0.5, 0.6) is 0 Å². The first kappa shape index (κ1) is 13.6. The predicted octanol–water partition coefficient (Wildman–Crippen LogP) is 3.31. The molecule has 1 aliphatic heterocycles. The van der Waals surface area contributed by atoms with Crippen molar-refractivity contribution in [2.45, 2.75) is 19.9 Å². The van der Waals surface area contributed by atoms with Gasteiger partial charge in [0.15, 0.2) is 0 Å². The monoisotopic (exact) mass is 278 g/mol. The molecule has 0 fully saturated rings. The molecule has 3 nitrogen and oxygen atoms in total. The zero-order chi connectivity index (χ0) is 14.7. The number of hydrogen-bond donors (Lipinski definition) is 0. The molecule has 0 aliphatic carbocycles. The second-order valence-corrected chi connectivity index (χ2v) is 5.18. The van der Waals surface area contributed by atoms with Crippen molar-refractivity contribution in [2.75, 3.05) is 6.54 Å². The minimum absolute atomic E-state index is 0.0829. The molecule has 0 atom stereocenters. The van der Waals surface area contributed by atoms with Crippen LogP contribution < -0.4 is 0 Å². The molecule has 0 saturated carbocycles. The first-order valence-electron chi connectivity index (χ1n) is 7.24. The molecule has 21 heavy (non-hydrogen) atoms. The van der Waals surface area contributed by atoms with Gasteiger partial charge < -0.3 is 4.90 Å². The van der Waals surface area contributed by atoms with Crippen molar-refractivity contribution < 1.29 is 4.79 Å². The van der Waals surface area contributed by atoms with E-state index in [2.05, 4.69) is 11.1 Å². The molecule has 0 N–H and O–H groups in total. The number of nitrogens with zero attached hydrogens (tertiary/aromatic N) is 2. The Hall–Kier alpha value is -2.42. The minimum Gasteiger partial charge on any atom is -0.332 e. The molecule has 1 aliphatic rings. The number of pyridine rings is 1. The number of carbonyl (C=O) groups is 1. The van der Waals surface area contributed by atoms with Crippen molar-refractivity contribution in [1.82, 2.24) is 9.88 Å². The van der Waals surface area contributed by atoms with Crippen LogP contribution in [0.1, 0.15) is 34.2 Å². The van der Waals surface area contributed by atoms with Crippen molar-refractivity contribution >= 4 is 12.0 Å². The SMILES string of the molecule is CC=Cc1ccc2c(n1)CN(C(=O)c1ccccc1)CC2. The Labute approximate surface area is 124 Å². The standard InChI is InChI=1S/C18H18N2O/c1-2-6-16-10-9-14-11-12-20(13-17(14)19-16)18(21)15-7-4-3-5-8-15/h2-10H,11-13H2,1H3. The van der Waals surface area contributed by atoms with Crippen molar-refractivity contribution in [3.8, 4) is 0 Å². The van der Waals surface area contributed by atoms with Gasteiger partial charge in [0.2, 0.25) is 0 Å². The maximum atomic E-state index is 12.5. The normalized spacial score (nSPS) is 14.2. The first-order valence-corrected chi connectivity index (χ1v) is 7.24. The largest absolute Gasteiger partial charge is 0.332 e. The predicted molar refractivity (Wildman–Crippen MR) is 83.8 cm³/mol. The average Bonchev–Trinajstić information content (AvgIpc) is 2.54. The molecule has 1 amide bonds. The lowest BCUT2D eigenvalue weighted by Gasteiger charge is -2.28. The number of allylic oxidation sites excluding steroid dienone is 1. The lowest BCUT2D eigenvalue weighted by atomic mass is 10.0. The van der Waals surface area contributed by atoms with E-state index in [1.807, 2.05) is 60.4 Å². The van der Waals surface area contributed by atoms with Gasteiger partial charge in [-0.15, -0.1) is 0 Å². The van der Waals surface area contributed by atoms with Gasteiger partial charge in [0, 0.05) is 12.1 Å². The summed E-state index contributed by atoms with van der Waals surface area (Å²) in [6, 6.07) is 13.6. The number of aromatic nitrogens is 1. The molecule has 0 radical (unpaired) electrons. The van der Waals surface area contributed by atoms with Crippen LogP contribution in [0.3, 0.4) is 0 Å². The van der Waals surface area contributed by atoms with Gasteiger partial charge in [-0.2, -0.15) is 0 Å². The summed E-state index contributed by atoms with van der Waals surface area (Å²) in [4.78, 5) is 19.0. The van der Waals surface area contributed by atoms with Crippen LogP contribution in [0.4, 0.5) is 0 Å². The second-order valence-electron chi connectivity index (χ2n) is 5.18. The summed E-state index contributed by atoms with van der Waals surface area (Å²) >= 11 is 0. The Morgan fingerprint density at radius 3 is 2.76 bits per heavy atom. The molecule has 1 aromatic heterocycles. The van der Waals surface area contributed by atoms with Gasteiger partial charge in [0.25, 0.3) is 5.91 Å². The van der Waals surface area contributed by atoms with Gasteiger partial charge in [0.05, 0.1) is 17.9 Å². The van der Waals surface area contributed by atoms with Gasteiger partial charge in [-0.3, -0.25) is 9.78 Å². The summed E-state index contributed by atoms with van der Waals surface area (Å²) < 4.78 is 0. The molecule has 3 heteroatoms. The first-order chi connectivity index (χ1) is 10.3. The highest BCUT2D eigenvalue weighted by Gasteiger charge is 2.22. The van der Waals surface area contributed by atoms with Gasteiger partial charge in [0.1, 0.15) is 0 Å². The summed E-state index contributed by atoms with van der Waals surface area (Å²) in [5.74, 6) is 0.0829. The summed E-state index contributed by atoms with van der Waals surface area (Å²) in [6.45, 7) is 3.33. The van der Waals surface area contributed by atoms with E-state index in [1.165, 1.54) is 5.56 Å². The van der Waals surface area contributed by atoms with Crippen LogP contribution in [0.15, 0.2) is 48.5 Å². The second kappa shape index (κ2) is 5.92. The molecular formula is C18H18N2O. The van der Waals surface area contributed by atoms with Crippen LogP contribution in [0, 0.1) is 0 Å². The molecule has 1 aromatic carbocycles. The molecule has 106 valence electrons. The molecular weight excluding hydrogens is 260 g/mol. The summed E-state index contributed by atoms with van der Waals surface area (Å²) in [5, 5.41) is 0. The molecule has 2 aromatic rings. The van der Waals surface area contributed by atoms with Crippen LogP contribution in [0.2, 0.25) is 0 Å². The van der Waals surface area contributed by atoms with Crippen LogP contribution in [-0.2, 0) is 13.0 Å². The quantitative estimate of drug-likeness (QED) is 0.844. The van der Waals surface area contributed by atoms with E-state index in [-0.39, 0.29) is 5.91 Å². The van der Waals surface area contributed by atoms with Crippen molar-refractivity contribution in [3.05, 3.63) is 71.1 Å². The summed E-state index contributed by atoms with van der Waals surface area (Å²) in [7, 11) is 0. The van der Waals surface area contributed by atoms with E-state index < -0.39 is 0 Å². The third-order valence-electron chi connectivity index (χ3n) is 3.73. The number of carbonyl (C=O) groups excluding carboxylic acids is 1. The zero-order valence-electron chi connectivity index (χ0n) is 12.1. The van der Waals surface area contributed by atoms with Crippen molar-refractivity contribution in [3.63, 3.8) is 0 Å². The fourth-order valence-corrected chi connectivity index (χ4v) is 2.63. The van der Waals surface area contributed by atoms with Crippen LogP contribution in [0.25, 0.3) is 6.08 Å². The Morgan fingerprint density at radius 1 is 1.19 bits per heavy atom.